The molecular weight excluding hydrogens is 406 g/mol. The molecule has 2 amide bonds. The third kappa shape index (κ3) is 3.88. The van der Waals surface area contributed by atoms with Gasteiger partial charge < -0.3 is 24.7 Å². The number of amides is 2. The third-order valence-electron chi connectivity index (χ3n) is 5.36. The molecule has 0 saturated heterocycles. The number of nitrogens with one attached hydrogen (secondary N) is 2. The molecule has 2 N–H and O–H groups in total. The van der Waals surface area contributed by atoms with Crippen LogP contribution in [0.1, 0.15) is 16.1 Å². The van der Waals surface area contributed by atoms with Crippen LogP contribution in [0.4, 0.5) is 11.4 Å². The number of nitrogens with zero attached hydrogens (tertiary/aromatic N) is 1. The Balaban J connectivity index is 1.27. The molecule has 0 fully saturated rings. The van der Waals surface area contributed by atoms with Gasteiger partial charge in [0.1, 0.15) is 6.54 Å². The number of aryl methyl sites for hydroxylation is 1. The van der Waals surface area contributed by atoms with E-state index in [-0.39, 0.29) is 25.2 Å². The summed E-state index contributed by atoms with van der Waals surface area (Å²) in [6.07, 6.45) is 0. The van der Waals surface area contributed by atoms with E-state index in [4.69, 9.17) is 9.47 Å². The molecule has 0 unspecified atom stereocenters. The molecule has 0 saturated carbocycles. The second kappa shape index (κ2) is 8.11. The minimum atomic E-state index is -0.277. The first-order valence-electron chi connectivity index (χ1n) is 10.2. The number of rotatable bonds is 5. The first-order valence-corrected chi connectivity index (χ1v) is 10.2. The first-order chi connectivity index (χ1) is 15.6. The Morgan fingerprint density at radius 2 is 1.66 bits per heavy atom. The van der Waals surface area contributed by atoms with Gasteiger partial charge in [-0.15, -0.1) is 0 Å². The van der Waals surface area contributed by atoms with Gasteiger partial charge in [0.2, 0.25) is 12.7 Å². The molecule has 0 aliphatic carbocycles. The minimum Gasteiger partial charge on any atom is -0.454 e. The van der Waals surface area contributed by atoms with Crippen molar-refractivity contribution in [3.8, 4) is 11.5 Å². The molecule has 2 heterocycles. The largest absolute Gasteiger partial charge is 0.454 e. The van der Waals surface area contributed by atoms with Crippen molar-refractivity contribution in [3.63, 3.8) is 0 Å². The standard InChI is InChI=1S/C25H21N3O4/c1-16-11-17-5-2-3-8-21(17)28(16)14-24(29)26-19-6-4-7-20(13-19)27-25(30)18-9-10-22-23(12-18)32-15-31-22/h2-13H,14-15H2,1H3,(H,26,29)(H,27,30). The van der Waals surface area contributed by atoms with E-state index in [0.717, 1.165) is 16.6 Å². The lowest BCUT2D eigenvalue weighted by Gasteiger charge is -2.11. The molecule has 0 atom stereocenters. The maximum Gasteiger partial charge on any atom is 0.255 e. The van der Waals surface area contributed by atoms with Gasteiger partial charge in [-0.2, -0.15) is 0 Å². The highest BCUT2D eigenvalue weighted by Crippen LogP contribution is 2.32. The van der Waals surface area contributed by atoms with Crippen molar-refractivity contribution in [2.75, 3.05) is 17.4 Å². The predicted molar refractivity (Wildman–Crippen MR) is 122 cm³/mol. The maximum atomic E-state index is 12.7. The number of carbonyl (C=O) groups is 2. The van der Waals surface area contributed by atoms with Crippen LogP contribution in [-0.2, 0) is 11.3 Å². The number of aromatic nitrogens is 1. The van der Waals surface area contributed by atoms with E-state index in [0.29, 0.717) is 28.4 Å². The van der Waals surface area contributed by atoms with E-state index in [9.17, 15) is 9.59 Å². The van der Waals surface area contributed by atoms with E-state index < -0.39 is 0 Å². The van der Waals surface area contributed by atoms with Crippen LogP contribution in [0.5, 0.6) is 11.5 Å². The topological polar surface area (TPSA) is 81.6 Å². The van der Waals surface area contributed by atoms with Gasteiger partial charge in [-0.05, 0) is 60.8 Å². The molecule has 4 aromatic rings. The van der Waals surface area contributed by atoms with Crippen LogP contribution in [-0.4, -0.2) is 23.2 Å². The van der Waals surface area contributed by atoms with Gasteiger partial charge >= 0.3 is 0 Å². The summed E-state index contributed by atoms with van der Waals surface area (Å²) in [6.45, 7) is 2.34. The number of hydrogen-bond acceptors (Lipinski definition) is 4. The van der Waals surface area contributed by atoms with Crippen molar-refractivity contribution < 1.29 is 19.1 Å². The van der Waals surface area contributed by atoms with E-state index in [1.165, 1.54) is 0 Å². The molecule has 0 radical (unpaired) electrons. The number of benzene rings is 3. The van der Waals surface area contributed by atoms with Gasteiger partial charge in [0.15, 0.2) is 11.5 Å². The zero-order chi connectivity index (χ0) is 22.1. The summed E-state index contributed by atoms with van der Waals surface area (Å²) in [5.74, 6) is 0.748. The number of fused-ring (bicyclic) bond motifs is 2. The number of para-hydroxylation sites is 1. The fraction of sp³-hybridized carbons (Fsp3) is 0.120. The van der Waals surface area contributed by atoms with Crippen LogP contribution in [0.3, 0.4) is 0 Å². The van der Waals surface area contributed by atoms with Crippen molar-refractivity contribution in [1.29, 1.82) is 0 Å². The van der Waals surface area contributed by atoms with Crippen LogP contribution in [0, 0.1) is 6.92 Å². The minimum absolute atomic E-state index is 0.145. The summed E-state index contributed by atoms with van der Waals surface area (Å²) in [5.41, 5.74) is 3.68. The molecule has 0 bridgehead atoms. The first kappa shape index (κ1) is 19.7. The molecule has 7 nitrogen and oxygen atoms in total. The van der Waals surface area contributed by atoms with E-state index >= 15 is 0 Å². The Morgan fingerprint density at radius 3 is 2.53 bits per heavy atom. The van der Waals surface area contributed by atoms with Crippen LogP contribution < -0.4 is 20.1 Å². The summed E-state index contributed by atoms with van der Waals surface area (Å²) < 4.78 is 12.6. The van der Waals surface area contributed by atoms with Gasteiger partial charge in [0.05, 0.1) is 0 Å². The molecule has 160 valence electrons. The molecule has 1 aromatic heterocycles. The molecule has 5 rings (SSSR count). The lowest BCUT2D eigenvalue weighted by Crippen LogP contribution is -2.19. The molecule has 0 spiro atoms. The molecule has 32 heavy (non-hydrogen) atoms. The predicted octanol–water partition coefficient (Wildman–Crippen LogP) is 4.57. The highest BCUT2D eigenvalue weighted by Gasteiger charge is 2.16. The van der Waals surface area contributed by atoms with Gasteiger partial charge in [-0.1, -0.05) is 24.3 Å². The zero-order valence-corrected chi connectivity index (χ0v) is 17.4. The molecule has 1 aliphatic heterocycles. The Morgan fingerprint density at radius 1 is 0.875 bits per heavy atom. The quantitative estimate of drug-likeness (QED) is 0.489. The van der Waals surface area contributed by atoms with Crippen LogP contribution in [0.2, 0.25) is 0 Å². The van der Waals surface area contributed by atoms with Crippen LogP contribution in [0.15, 0.2) is 72.8 Å². The molecule has 1 aliphatic rings. The molecular formula is C25H21N3O4. The van der Waals surface area contributed by atoms with Crippen molar-refractivity contribution in [2.45, 2.75) is 13.5 Å². The SMILES string of the molecule is Cc1cc2ccccc2n1CC(=O)Nc1cccc(NC(=O)c2ccc3c(c2)OCO3)c1. The lowest BCUT2D eigenvalue weighted by atomic mass is 10.2. The number of hydrogen-bond donors (Lipinski definition) is 2. The lowest BCUT2D eigenvalue weighted by molar-refractivity contribution is -0.116. The number of ether oxygens (including phenoxy) is 2. The van der Waals surface area contributed by atoms with Gasteiger partial charge in [0.25, 0.3) is 5.91 Å². The second-order valence-corrected chi connectivity index (χ2v) is 7.58. The van der Waals surface area contributed by atoms with Crippen molar-refractivity contribution >= 4 is 34.1 Å². The average molecular weight is 427 g/mol. The van der Waals surface area contributed by atoms with E-state index in [2.05, 4.69) is 16.7 Å². The summed E-state index contributed by atoms with van der Waals surface area (Å²) in [6, 6.07) is 22.1. The highest BCUT2D eigenvalue weighted by molar-refractivity contribution is 6.05. The fourth-order valence-corrected chi connectivity index (χ4v) is 3.82. The maximum absolute atomic E-state index is 12.7. The Hall–Kier alpha value is -4.26. The van der Waals surface area contributed by atoms with Crippen molar-refractivity contribution in [3.05, 3.63) is 84.1 Å². The van der Waals surface area contributed by atoms with Crippen LogP contribution >= 0.6 is 0 Å². The second-order valence-electron chi connectivity index (χ2n) is 7.58. The van der Waals surface area contributed by atoms with E-state index in [1.807, 2.05) is 35.8 Å². The smallest absolute Gasteiger partial charge is 0.255 e. The number of carbonyl (C=O) groups excluding carboxylic acids is 2. The van der Waals surface area contributed by atoms with E-state index in [1.54, 1.807) is 42.5 Å². The third-order valence-corrected chi connectivity index (χ3v) is 5.36. The Labute approximate surface area is 184 Å². The number of anilines is 2. The summed E-state index contributed by atoms with van der Waals surface area (Å²) in [5, 5.41) is 6.86. The van der Waals surface area contributed by atoms with Gasteiger partial charge in [-0.3, -0.25) is 9.59 Å². The fourth-order valence-electron chi connectivity index (χ4n) is 3.82. The monoisotopic (exact) mass is 427 g/mol. The molecule has 3 aromatic carbocycles. The average Bonchev–Trinajstić information content (AvgIpc) is 3.37. The Kier molecular flexibility index (Phi) is 4.99. The summed E-state index contributed by atoms with van der Waals surface area (Å²) in [7, 11) is 0. The Bertz CT molecular complexity index is 1340. The summed E-state index contributed by atoms with van der Waals surface area (Å²) >= 11 is 0. The van der Waals surface area contributed by atoms with Gasteiger partial charge in [-0.25, -0.2) is 0 Å². The summed E-state index contributed by atoms with van der Waals surface area (Å²) in [4.78, 5) is 25.3. The zero-order valence-electron chi connectivity index (χ0n) is 17.4. The molecule has 7 heteroatoms. The van der Waals surface area contributed by atoms with Gasteiger partial charge in [0, 0.05) is 28.1 Å². The normalized spacial score (nSPS) is 12.0. The highest BCUT2D eigenvalue weighted by atomic mass is 16.7. The van der Waals surface area contributed by atoms with Crippen molar-refractivity contribution in [1.82, 2.24) is 4.57 Å². The van der Waals surface area contributed by atoms with Crippen LogP contribution in [0.25, 0.3) is 10.9 Å². The van der Waals surface area contributed by atoms with Crippen molar-refractivity contribution in [2.24, 2.45) is 0 Å².